The van der Waals surface area contributed by atoms with Gasteiger partial charge in [-0.05, 0) is 31.9 Å². The minimum absolute atomic E-state index is 0.625. The Labute approximate surface area is 156 Å². The average Bonchev–Trinajstić information content (AvgIpc) is 3.25. The third-order valence-corrected chi connectivity index (χ3v) is 5.83. The second-order valence-electron chi connectivity index (χ2n) is 6.88. The Morgan fingerprint density at radius 2 is 1.77 bits per heavy atom. The second-order valence-corrected chi connectivity index (χ2v) is 7.61. The van der Waals surface area contributed by atoms with E-state index in [1.165, 1.54) is 12.8 Å². The van der Waals surface area contributed by atoms with E-state index >= 15 is 0 Å². The molecule has 0 unspecified atom stereocenters. The topological polar surface area (TPSA) is 63.0 Å². The summed E-state index contributed by atoms with van der Waals surface area (Å²) in [6.07, 6.45) is 6.26. The number of nitrogens with zero attached hydrogens (tertiary/aromatic N) is 7. The third kappa shape index (κ3) is 2.94. The van der Waals surface area contributed by atoms with E-state index in [1.54, 1.807) is 17.7 Å². The van der Waals surface area contributed by atoms with Crippen LogP contribution in [-0.2, 0) is 0 Å². The fourth-order valence-corrected chi connectivity index (χ4v) is 4.13. The van der Waals surface area contributed by atoms with Crippen molar-refractivity contribution in [3.8, 4) is 5.82 Å². The first-order valence-electron chi connectivity index (χ1n) is 9.09. The molecule has 0 spiro atoms. The summed E-state index contributed by atoms with van der Waals surface area (Å²) in [5, 5.41) is 1.07. The zero-order valence-corrected chi connectivity index (χ0v) is 15.6. The van der Waals surface area contributed by atoms with Crippen molar-refractivity contribution in [3.05, 3.63) is 42.2 Å². The minimum Gasteiger partial charge on any atom is -0.353 e. The van der Waals surface area contributed by atoms with Gasteiger partial charge >= 0.3 is 0 Å². The maximum Gasteiger partial charge on any atom is 0.205 e. The summed E-state index contributed by atoms with van der Waals surface area (Å²) >= 11 is 1.54. The second kappa shape index (κ2) is 6.35. The molecule has 2 aliphatic rings. The van der Waals surface area contributed by atoms with Crippen LogP contribution in [0.4, 0.5) is 10.9 Å². The van der Waals surface area contributed by atoms with Gasteiger partial charge < -0.3 is 9.80 Å². The summed E-state index contributed by atoms with van der Waals surface area (Å²) in [7, 11) is 0. The highest BCUT2D eigenvalue weighted by atomic mass is 32.1. The number of anilines is 2. The van der Waals surface area contributed by atoms with Crippen molar-refractivity contribution >= 4 is 22.5 Å². The molecule has 1 saturated heterocycles. The van der Waals surface area contributed by atoms with Crippen LogP contribution in [0.5, 0.6) is 0 Å². The SMILES string of the molecule is Cc1nccn1-c1cccc(N2CCN(c3nc(C4CC4)ns3)CC2)n1. The standard InChI is InChI=1S/C18H21N7S/c1-13-19-7-8-25(13)16-4-2-3-15(20-16)23-9-11-24(12-10-23)18-21-17(22-26-18)14-5-6-14/h2-4,7-8,14H,5-6,9-12H2,1H3. The minimum atomic E-state index is 0.625. The predicted octanol–water partition coefficient (Wildman–Crippen LogP) is 2.63. The summed E-state index contributed by atoms with van der Waals surface area (Å²) in [6.45, 7) is 5.78. The first kappa shape index (κ1) is 15.7. The Bertz CT molecular complexity index is 906. The van der Waals surface area contributed by atoms with Gasteiger partial charge in [-0.3, -0.25) is 4.57 Å². The molecule has 1 aliphatic heterocycles. The van der Waals surface area contributed by atoms with Crippen LogP contribution >= 0.6 is 11.5 Å². The molecular weight excluding hydrogens is 346 g/mol. The molecule has 4 heterocycles. The smallest absolute Gasteiger partial charge is 0.205 e. The van der Waals surface area contributed by atoms with E-state index in [9.17, 15) is 0 Å². The van der Waals surface area contributed by atoms with Crippen LogP contribution in [0.25, 0.3) is 5.82 Å². The molecule has 0 N–H and O–H groups in total. The van der Waals surface area contributed by atoms with Crippen LogP contribution in [0.15, 0.2) is 30.6 Å². The zero-order chi connectivity index (χ0) is 17.5. The molecule has 0 atom stereocenters. The van der Waals surface area contributed by atoms with Gasteiger partial charge in [0, 0.05) is 56.0 Å². The van der Waals surface area contributed by atoms with Gasteiger partial charge in [0.15, 0.2) is 0 Å². The lowest BCUT2D eigenvalue weighted by molar-refractivity contribution is 0.644. The Morgan fingerprint density at radius 1 is 1.00 bits per heavy atom. The molecule has 2 fully saturated rings. The fourth-order valence-electron chi connectivity index (χ4n) is 3.33. The highest BCUT2D eigenvalue weighted by Gasteiger charge is 2.29. The van der Waals surface area contributed by atoms with E-state index in [2.05, 4.69) is 31.3 Å². The Hall–Kier alpha value is -2.48. The first-order chi connectivity index (χ1) is 12.8. The molecule has 8 heteroatoms. The number of imidazole rings is 1. The van der Waals surface area contributed by atoms with Crippen molar-refractivity contribution in [3.63, 3.8) is 0 Å². The molecule has 0 radical (unpaired) electrons. The van der Waals surface area contributed by atoms with Crippen LogP contribution < -0.4 is 9.80 Å². The van der Waals surface area contributed by atoms with E-state index in [1.807, 2.05) is 23.8 Å². The van der Waals surface area contributed by atoms with Gasteiger partial charge in [-0.25, -0.2) is 15.0 Å². The van der Waals surface area contributed by atoms with Gasteiger partial charge in [0.1, 0.15) is 23.3 Å². The van der Waals surface area contributed by atoms with Gasteiger partial charge in [0.25, 0.3) is 0 Å². The largest absolute Gasteiger partial charge is 0.353 e. The van der Waals surface area contributed by atoms with Crippen LogP contribution in [-0.4, -0.2) is 50.1 Å². The van der Waals surface area contributed by atoms with Crippen molar-refractivity contribution in [1.82, 2.24) is 23.9 Å². The molecule has 1 aliphatic carbocycles. The fraction of sp³-hybridized carbons (Fsp3) is 0.444. The molecule has 7 nitrogen and oxygen atoms in total. The summed E-state index contributed by atoms with van der Waals surface area (Å²) in [4.78, 5) is 18.6. The molecule has 3 aromatic heterocycles. The number of aryl methyl sites for hydroxylation is 1. The Balaban J connectivity index is 1.28. The van der Waals surface area contributed by atoms with E-state index in [4.69, 9.17) is 9.97 Å². The number of hydrogen-bond acceptors (Lipinski definition) is 7. The summed E-state index contributed by atoms with van der Waals surface area (Å²) in [6, 6.07) is 6.17. The van der Waals surface area contributed by atoms with Crippen LogP contribution in [0.3, 0.4) is 0 Å². The van der Waals surface area contributed by atoms with Gasteiger partial charge in [-0.15, -0.1) is 0 Å². The molecule has 1 saturated carbocycles. The van der Waals surface area contributed by atoms with Crippen molar-refractivity contribution in [2.75, 3.05) is 36.0 Å². The molecule has 3 aromatic rings. The molecule has 134 valence electrons. The molecule has 5 rings (SSSR count). The van der Waals surface area contributed by atoms with Crippen molar-refractivity contribution < 1.29 is 0 Å². The zero-order valence-electron chi connectivity index (χ0n) is 14.7. The monoisotopic (exact) mass is 367 g/mol. The summed E-state index contributed by atoms with van der Waals surface area (Å²) in [5.41, 5.74) is 0. The Kier molecular flexibility index (Phi) is 3.85. The van der Waals surface area contributed by atoms with Crippen molar-refractivity contribution in [1.29, 1.82) is 0 Å². The summed E-state index contributed by atoms with van der Waals surface area (Å²) in [5.74, 6) is 4.56. The van der Waals surface area contributed by atoms with Gasteiger partial charge in [-0.1, -0.05) is 6.07 Å². The number of hydrogen-bond donors (Lipinski definition) is 0. The maximum atomic E-state index is 4.84. The van der Waals surface area contributed by atoms with Crippen LogP contribution in [0, 0.1) is 6.92 Å². The quantitative estimate of drug-likeness (QED) is 0.706. The Morgan fingerprint density at radius 3 is 2.50 bits per heavy atom. The molecular formula is C18H21N7S. The van der Waals surface area contributed by atoms with Crippen LogP contribution in [0.2, 0.25) is 0 Å². The van der Waals surface area contributed by atoms with Crippen LogP contribution in [0.1, 0.15) is 30.4 Å². The molecule has 0 amide bonds. The van der Waals surface area contributed by atoms with Crippen molar-refractivity contribution in [2.45, 2.75) is 25.7 Å². The van der Waals surface area contributed by atoms with Gasteiger partial charge in [0.2, 0.25) is 5.13 Å². The molecule has 0 aromatic carbocycles. The highest BCUT2D eigenvalue weighted by Crippen LogP contribution is 2.39. The average molecular weight is 367 g/mol. The third-order valence-electron chi connectivity index (χ3n) is 5.04. The van der Waals surface area contributed by atoms with E-state index in [-0.39, 0.29) is 0 Å². The van der Waals surface area contributed by atoms with Gasteiger partial charge in [0.05, 0.1) is 0 Å². The lowest BCUT2D eigenvalue weighted by atomic mass is 10.3. The maximum absolute atomic E-state index is 4.84. The predicted molar refractivity (Wildman–Crippen MR) is 102 cm³/mol. The lowest BCUT2D eigenvalue weighted by Crippen LogP contribution is -2.46. The van der Waals surface area contributed by atoms with E-state index < -0.39 is 0 Å². The highest BCUT2D eigenvalue weighted by molar-refractivity contribution is 7.09. The van der Waals surface area contributed by atoms with E-state index in [0.717, 1.165) is 54.6 Å². The number of aromatic nitrogens is 5. The molecule has 26 heavy (non-hydrogen) atoms. The van der Waals surface area contributed by atoms with Gasteiger partial charge in [-0.2, -0.15) is 4.37 Å². The number of pyridine rings is 1. The first-order valence-corrected chi connectivity index (χ1v) is 9.86. The summed E-state index contributed by atoms with van der Waals surface area (Å²) < 4.78 is 6.55. The normalized spacial score (nSPS) is 17.7. The molecule has 0 bridgehead atoms. The van der Waals surface area contributed by atoms with E-state index in [0.29, 0.717) is 5.92 Å². The van der Waals surface area contributed by atoms with Crippen molar-refractivity contribution in [2.24, 2.45) is 0 Å². The number of piperazine rings is 1. The lowest BCUT2D eigenvalue weighted by Gasteiger charge is -2.35. The number of rotatable bonds is 4.